The molecule has 0 N–H and O–H groups in total. The molecule has 0 aliphatic rings. The number of carbonyl (C=O) groups is 2. The van der Waals surface area contributed by atoms with Gasteiger partial charge >= 0.3 is 11.9 Å². The molecule has 0 rings (SSSR count). The maximum Gasteiger partial charge on any atom is 0.331 e. The van der Waals surface area contributed by atoms with Gasteiger partial charge in [0.15, 0.2) is 0 Å². The summed E-state index contributed by atoms with van der Waals surface area (Å²) < 4.78 is 11.0. The first-order chi connectivity index (χ1) is 9.82. The van der Waals surface area contributed by atoms with Crippen molar-refractivity contribution >= 4 is 20.3 Å². The van der Waals surface area contributed by atoms with Gasteiger partial charge in [-0.3, -0.25) is 0 Å². The van der Waals surface area contributed by atoms with Gasteiger partial charge in [0.25, 0.3) is 8.32 Å². The van der Waals surface area contributed by atoms with Gasteiger partial charge in [0.2, 0.25) is 0 Å². The quantitative estimate of drug-likeness (QED) is 0.406. The summed E-state index contributed by atoms with van der Waals surface area (Å²) in [5.41, 5.74) is 0.363. The van der Waals surface area contributed by atoms with E-state index in [-0.39, 0.29) is 0 Å². The van der Waals surface area contributed by atoms with Crippen LogP contribution in [0.3, 0.4) is 0 Å². The second kappa shape index (κ2) is 7.95. The van der Waals surface area contributed by atoms with Gasteiger partial charge in [-0.25, -0.2) is 9.59 Å². The molecule has 0 bridgehead atoms. The molecule has 0 aromatic heterocycles. The van der Waals surface area contributed by atoms with Gasteiger partial charge in [-0.05, 0) is 37.4 Å². The second-order valence-electron chi connectivity index (χ2n) is 7.61. The van der Waals surface area contributed by atoms with Crippen LogP contribution in [0.5, 0.6) is 0 Å². The lowest BCUT2D eigenvalue weighted by atomic mass is 10.2. The number of rotatable bonds is 6. The van der Waals surface area contributed by atoms with Crippen molar-refractivity contribution in [2.24, 2.45) is 0 Å². The van der Waals surface area contributed by atoms with Crippen LogP contribution in [0.15, 0.2) is 12.2 Å². The van der Waals surface area contributed by atoms with E-state index in [0.717, 1.165) is 6.08 Å². The van der Waals surface area contributed by atoms with E-state index in [1.165, 1.54) is 6.08 Å². The molecule has 0 unspecified atom stereocenters. The molecule has 0 saturated heterocycles. The van der Waals surface area contributed by atoms with E-state index < -0.39 is 25.9 Å². The fourth-order valence-corrected chi connectivity index (χ4v) is 8.16. The van der Waals surface area contributed by atoms with Crippen LogP contribution in [0, 0.1) is 0 Å². The lowest BCUT2D eigenvalue weighted by Gasteiger charge is -2.40. The summed E-state index contributed by atoms with van der Waals surface area (Å²) in [6, 6.07) is 0. The molecular weight excluding hydrogens is 296 g/mol. The van der Waals surface area contributed by atoms with E-state index in [0.29, 0.717) is 16.6 Å². The minimum absolute atomic E-state index is 0.311. The van der Waals surface area contributed by atoms with Crippen molar-refractivity contribution < 1.29 is 18.8 Å². The molecule has 0 aromatic rings. The standard InChI is InChI=1S/C17H32O4Si/c1-12(2)22(13(3)4,14(5)6)21-16(19)11-10-15(18)20-17(7,8)9/h10-14H,1-9H3. The molecule has 0 fully saturated rings. The minimum atomic E-state index is -2.26. The lowest BCUT2D eigenvalue weighted by molar-refractivity contribution is -0.148. The van der Waals surface area contributed by atoms with Crippen LogP contribution in [-0.2, 0) is 18.8 Å². The van der Waals surface area contributed by atoms with Crippen molar-refractivity contribution in [3.8, 4) is 0 Å². The molecular formula is C17H32O4Si. The van der Waals surface area contributed by atoms with Gasteiger partial charge in [-0.15, -0.1) is 0 Å². The summed E-state index contributed by atoms with van der Waals surface area (Å²) in [5.74, 6) is -0.982. The van der Waals surface area contributed by atoms with Crippen LogP contribution in [0.2, 0.25) is 16.6 Å². The topological polar surface area (TPSA) is 52.6 Å². The summed E-state index contributed by atoms with van der Waals surface area (Å²) in [7, 11) is -2.26. The van der Waals surface area contributed by atoms with Crippen molar-refractivity contribution in [2.75, 3.05) is 0 Å². The van der Waals surface area contributed by atoms with Crippen molar-refractivity contribution in [1.82, 2.24) is 0 Å². The average molecular weight is 329 g/mol. The Morgan fingerprint density at radius 1 is 0.818 bits per heavy atom. The summed E-state index contributed by atoms with van der Waals surface area (Å²) in [5, 5.41) is 0. The summed E-state index contributed by atoms with van der Waals surface area (Å²) in [4.78, 5) is 23.8. The smallest absolute Gasteiger partial charge is 0.331 e. The molecule has 0 spiro atoms. The number of esters is 1. The highest BCUT2D eigenvalue weighted by Gasteiger charge is 2.47. The lowest BCUT2D eigenvalue weighted by Crippen LogP contribution is -2.49. The molecule has 0 aliphatic carbocycles. The van der Waals surface area contributed by atoms with Gasteiger partial charge in [0.1, 0.15) is 5.60 Å². The van der Waals surface area contributed by atoms with Crippen LogP contribution < -0.4 is 0 Å². The van der Waals surface area contributed by atoms with Gasteiger partial charge in [-0.1, -0.05) is 41.5 Å². The molecule has 0 radical (unpaired) electrons. The fourth-order valence-electron chi connectivity index (χ4n) is 3.03. The summed E-state index contributed by atoms with van der Waals surface area (Å²) in [6.45, 7) is 18.0. The van der Waals surface area contributed by atoms with Gasteiger partial charge in [0, 0.05) is 12.2 Å². The first-order valence-corrected chi connectivity index (χ1v) is 10.1. The Morgan fingerprint density at radius 3 is 1.50 bits per heavy atom. The summed E-state index contributed by atoms with van der Waals surface area (Å²) in [6.07, 6.45) is 2.33. The Balaban J connectivity index is 5.04. The van der Waals surface area contributed by atoms with Crippen molar-refractivity contribution in [2.45, 2.75) is 84.5 Å². The zero-order chi connectivity index (χ0) is 17.7. The predicted octanol–water partition coefficient (Wildman–Crippen LogP) is 4.60. The van der Waals surface area contributed by atoms with E-state index in [2.05, 4.69) is 41.5 Å². The Kier molecular flexibility index (Phi) is 7.55. The minimum Gasteiger partial charge on any atom is -0.515 e. The Labute approximate surface area is 136 Å². The highest BCUT2D eigenvalue weighted by molar-refractivity contribution is 6.79. The Bertz CT molecular complexity index is 395. The third-order valence-corrected chi connectivity index (χ3v) is 9.72. The Morgan fingerprint density at radius 2 is 1.18 bits per heavy atom. The average Bonchev–Trinajstić information content (AvgIpc) is 2.29. The Hall–Kier alpha value is -1.10. The van der Waals surface area contributed by atoms with Crippen LogP contribution in [0.25, 0.3) is 0 Å². The molecule has 0 heterocycles. The van der Waals surface area contributed by atoms with E-state index in [4.69, 9.17) is 9.16 Å². The van der Waals surface area contributed by atoms with E-state index in [1.54, 1.807) is 20.8 Å². The first kappa shape index (κ1) is 20.9. The van der Waals surface area contributed by atoms with Crippen molar-refractivity contribution in [1.29, 1.82) is 0 Å². The third kappa shape index (κ3) is 5.95. The summed E-state index contributed by atoms with van der Waals surface area (Å²) >= 11 is 0. The predicted molar refractivity (Wildman–Crippen MR) is 92.1 cm³/mol. The van der Waals surface area contributed by atoms with Gasteiger partial charge < -0.3 is 9.16 Å². The van der Waals surface area contributed by atoms with Crippen molar-refractivity contribution in [3.05, 3.63) is 12.2 Å². The van der Waals surface area contributed by atoms with E-state index in [1.807, 2.05) is 0 Å². The highest BCUT2D eigenvalue weighted by Crippen LogP contribution is 2.42. The maximum absolute atomic E-state index is 12.2. The van der Waals surface area contributed by atoms with Crippen LogP contribution in [0.4, 0.5) is 0 Å². The molecule has 0 aliphatic heterocycles. The van der Waals surface area contributed by atoms with Gasteiger partial charge in [-0.2, -0.15) is 0 Å². The maximum atomic E-state index is 12.2. The molecule has 0 atom stereocenters. The molecule has 0 aromatic carbocycles. The van der Waals surface area contributed by atoms with Crippen LogP contribution in [-0.4, -0.2) is 25.9 Å². The molecule has 0 amide bonds. The van der Waals surface area contributed by atoms with E-state index in [9.17, 15) is 9.59 Å². The third-order valence-electron chi connectivity index (χ3n) is 3.75. The SMILES string of the molecule is CC(C)[Si](OC(=O)C=CC(=O)OC(C)(C)C)(C(C)C)C(C)C. The zero-order valence-electron chi connectivity index (χ0n) is 15.5. The highest BCUT2D eigenvalue weighted by atomic mass is 28.4. The number of hydrogen-bond donors (Lipinski definition) is 0. The van der Waals surface area contributed by atoms with E-state index >= 15 is 0 Å². The zero-order valence-corrected chi connectivity index (χ0v) is 16.5. The number of hydrogen-bond acceptors (Lipinski definition) is 4. The van der Waals surface area contributed by atoms with Crippen LogP contribution in [0.1, 0.15) is 62.3 Å². The monoisotopic (exact) mass is 328 g/mol. The van der Waals surface area contributed by atoms with Gasteiger partial charge in [0.05, 0.1) is 0 Å². The number of ether oxygens (including phenoxy) is 1. The second-order valence-corrected chi connectivity index (χ2v) is 13.0. The largest absolute Gasteiger partial charge is 0.515 e. The number of carbonyl (C=O) groups excluding carboxylic acids is 2. The normalized spacial score (nSPS) is 13.3. The van der Waals surface area contributed by atoms with Crippen molar-refractivity contribution in [3.63, 3.8) is 0 Å². The fraction of sp³-hybridized carbons (Fsp3) is 0.765. The molecule has 128 valence electrons. The molecule has 22 heavy (non-hydrogen) atoms. The molecule has 0 saturated carbocycles. The first-order valence-electron chi connectivity index (χ1n) is 7.97. The molecule has 5 heteroatoms. The molecule has 4 nitrogen and oxygen atoms in total. The van der Waals surface area contributed by atoms with Crippen LogP contribution >= 0.6 is 0 Å².